The van der Waals surface area contributed by atoms with Crippen LogP contribution in [0.2, 0.25) is 0 Å². The van der Waals surface area contributed by atoms with E-state index in [4.69, 9.17) is 13.7 Å². The van der Waals surface area contributed by atoms with Crippen LogP contribution in [0.25, 0.3) is 0 Å². The van der Waals surface area contributed by atoms with Gasteiger partial charge in [-0.3, -0.25) is 4.18 Å². The van der Waals surface area contributed by atoms with Gasteiger partial charge in [-0.25, -0.2) is 4.39 Å². The van der Waals surface area contributed by atoms with Gasteiger partial charge in [0, 0.05) is 7.11 Å². The van der Waals surface area contributed by atoms with Crippen molar-refractivity contribution in [2.24, 2.45) is 0 Å². The molecule has 2 aromatic rings. The Labute approximate surface area is 147 Å². The lowest BCUT2D eigenvalue weighted by Gasteiger charge is -2.12. The summed E-state index contributed by atoms with van der Waals surface area (Å²) in [5, 5.41) is 0. The van der Waals surface area contributed by atoms with E-state index in [1.807, 2.05) is 30.3 Å². The molecule has 0 bridgehead atoms. The number of hydrogen-bond acceptors (Lipinski definition) is 5. The zero-order valence-electron chi connectivity index (χ0n) is 14.0. The third-order valence-corrected chi connectivity index (χ3v) is 4.75. The van der Waals surface area contributed by atoms with Crippen LogP contribution in [0.5, 0.6) is 5.75 Å². The predicted molar refractivity (Wildman–Crippen MR) is 91.7 cm³/mol. The summed E-state index contributed by atoms with van der Waals surface area (Å²) in [4.78, 5) is -0.316. The monoisotopic (exact) mass is 368 g/mol. The van der Waals surface area contributed by atoms with E-state index in [1.54, 1.807) is 0 Å². The molecule has 0 spiro atoms. The summed E-state index contributed by atoms with van der Waals surface area (Å²) in [6.07, 6.45) is 1.22. The van der Waals surface area contributed by atoms with Crippen LogP contribution in [0.3, 0.4) is 0 Å². The fraction of sp³-hybridized carbons (Fsp3) is 0.333. The molecule has 0 fully saturated rings. The first-order valence-electron chi connectivity index (χ1n) is 7.87. The van der Waals surface area contributed by atoms with Gasteiger partial charge in [-0.05, 0) is 36.6 Å². The van der Waals surface area contributed by atoms with E-state index in [-0.39, 0.29) is 30.5 Å². The van der Waals surface area contributed by atoms with Crippen LogP contribution in [0, 0.1) is 5.82 Å². The first-order valence-corrected chi connectivity index (χ1v) is 9.28. The minimum Gasteiger partial charge on any atom is -0.490 e. The molecule has 0 unspecified atom stereocenters. The second kappa shape index (κ2) is 9.50. The quantitative estimate of drug-likeness (QED) is 0.476. The molecule has 2 aromatic carbocycles. The zero-order valence-corrected chi connectivity index (χ0v) is 14.8. The molecule has 0 aliphatic carbocycles. The molecule has 0 saturated heterocycles. The summed E-state index contributed by atoms with van der Waals surface area (Å²) in [7, 11) is -2.61. The van der Waals surface area contributed by atoms with Crippen LogP contribution in [0.1, 0.15) is 12.0 Å². The highest BCUT2D eigenvalue weighted by Gasteiger charge is 2.22. The average molecular weight is 368 g/mol. The third kappa shape index (κ3) is 6.12. The average Bonchev–Trinajstić information content (AvgIpc) is 2.61. The van der Waals surface area contributed by atoms with Crippen molar-refractivity contribution < 1.29 is 26.5 Å². The van der Waals surface area contributed by atoms with E-state index in [2.05, 4.69) is 0 Å². The molecule has 25 heavy (non-hydrogen) atoms. The van der Waals surface area contributed by atoms with E-state index in [9.17, 15) is 12.8 Å². The van der Waals surface area contributed by atoms with Crippen molar-refractivity contribution in [1.29, 1.82) is 0 Å². The Bertz CT molecular complexity index is 762. The second-order valence-electron chi connectivity index (χ2n) is 5.30. The Hall–Kier alpha value is -1.96. The van der Waals surface area contributed by atoms with Crippen LogP contribution in [0.4, 0.5) is 4.39 Å². The number of hydrogen-bond donors (Lipinski definition) is 0. The van der Waals surface area contributed by atoms with Crippen LogP contribution in [0.15, 0.2) is 53.4 Å². The molecular weight excluding hydrogens is 347 g/mol. The van der Waals surface area contributed by atoms with E-state index >= 15 is 0 Å². The number of halogens is 1. The highest BCUT2D eigenvalue weighted by atomic mass is 32.2. The fourth-order valence-corrected chi connectivity index (χ4v) is 3.28. The normalized spacial score (nSPS) is 11.4. The van der Waals surface area contributed by atoms with Gasteiger partial charge in [0.25, 0.3) is 0 Å². The highest BCUT2D eigenvalue weighted by Crippen LogP contribution is 2.26. The molecule has 7 heteroatoms. The Morgan fingerprint density at radius 3 is 2.48 bits per heavy atom. The lowest BCUT2D eigenvalue weighted by atomic mass is 10.1. The highest BCUT2D eigenvalue weighted by molar-refractivity contribution is 7.86. The van der Waals surface area contributed by atoms with E-state index in [1.165, 1.54) is 13.2 Å². The molecule has 0 aromatic heterocycles. The van der Waals surface area contributed by atoms with Gasteiger partial charge < -0.3 is 9.47 Å². The van der Waals surface area contributed by atoms with Gasteiger partial charge in [0.1, 0.15) is 23.1 Å². The molecule has 0 heterocycles. The van der Waals surface area contributed by atoms with Crippen molar-refractivity contribution in [2.75, 3.05) is 26.9 Å². The number of rotatable bonds is 10. The van der Waals surface area contributed by atoms with Crippen molar-refractivity contribution in [1.82, 2.24) is 0 Å². The molecule has 2 rings (SSSR count). The molecule has 5 nitrogen and oxygen atoms in total. The van der Waals surface area contributed by atoms with Crippen LogP contribution in [-0.4, -0.2) is 35.3 Å². The van der Waals surface area contributed by atoms with Crippen LogP contribution >= 0.6 is 0 Å². The lowest BCUT2D eigenvalue weighted by Crippen LogP contribution is -2.12. The van der Waals surface area contributed by atoms with Gasteiger partial charge in [-0.2, -0.15) is 8.42 Å². The van der Waals surface area contributed by atoms with Gasteiger partial charge >= 0.3 is 10.1 Å². The summed E-state index contributed by atoms with van der Waals surface area (Å²) in [5.41, 5.74) is 1.10. The Kier molecular flexibility index (Phi) is 7.36. The second-order valence-corrected chi connectivity index (χ2v) is 6.88. The third-order valence-electron chi connectivity index (χ3n) is 3.41. The van der Waals surface area contributed by atoms with Gasteiger partial charge in [-0.1, -0.05) is 30.3 Å². The van der Waals surface area contributed by atoms with Crippen molar-refractivity contribution >= 4 is 10.1 Å². The minimum atomic E-state index is -4.11. The molecule has 0 N–H and O–H groups in total. The number of benzene rings is 2. The first-order chi connectivity index (χ1) is 12.0. The molecule has 0 atom stereocenters. The largest absolute Gasteiger partial charge is 0.490 e. The van der Waals surface area contributed by atoms with Crippen LogP contribution < -0.4 is 4.74 Å². The maximum Gasteiger partial charge on any atom is 0.300 e. The first kappa shape index (κ1) is 19.4. The maximum atomic E-state index is 13.5. The van der Waals surface area contributed by atoms with E-state index < -0.39 is 15.9 Å². The smallest absolute Gasteiger partial charge is 0.300 e. The van der Waals surface area contributed by atoms with Gasteiger partial charge in [0.15, 0.2) is 0 Å². The van der Waals surface area contributed by atoms with Gasteiger partial charge in [0.05, 0.1) is 13.2 Å². The fourth-order valence-electron chi connectivity index (χ4n) is 2.18. The van der Waals surface area contributed by atoms with Crippen LogP contribution in [-0.2, 0) is 25.5 Å². The predicted octanol–water partition coefficient (Wildman–Crippen LogP) is 3.19. The lowest BCUT2D eigenvalue weighted by molar-refractivity contribution is 0.144. The number of ether oxygens (including phenoxy) is 2. The molecule has 0 amide bonds. The SMILES string of the molecule is COCCOc1ccc(F)cc1S(=O)(=O)OCCCc1ccccc1. The zero-order chi connectivity index (χ0) is 18.1. The topological polar surface area (TPSA) is 61.8 Å². The van der Waals surface area contributed by atoms with Crippen molar-refractivity contribution in [3.8, 4) is 5.75 Å². The van der Waals surface area contributed by atoms with Crippen molar-refractivity contribution in [2.45, 2.75) is 17.7 Å². The molecule has 0 saturated carbocycles. The summed E-state index contributed by atoms with van der Waals surface area (Å²) < 4.78 is 53.4. The molecule has 136 valence electrons. The Morgan fingerprint density at radius 1 is 1.00 bits per heavy atom. The molecule has 0 aliphatic rings. The summed E-state index contributed by atoms with van der Waals surface area (Å²) >= 11 is 0. The summed E-state index contributed by atoms with van der Waals surface area (Å²) in [6.45, 7) is 0.443. The van der Waals surface area contributed by atoms with Gasteiger partial charge in [0.2, 0.25) is 0 Å². The Balaban J connectivity index is 1.99. The van der Waals surface area contributed by atoms with Crippen molar-refractivity contribution in [3.05, 3.63) is 59.9 Å². The van der Waals surface area contributed by atoms with Crippen molar-refractivity contribution in [3.63, 3.8) is 0 Å². The maximum absolute atomic E-state index is 13.5. The molecular formula is C18H21FO5S. The van der Waals surface area contributed by atoms with E-state index in [0.29, 0.717) is 12.8 Å². The van der Waals surface area contributed by atoms with E-state index in [0.717, 1.165) is 17.7 Å². The summed E-state index contributed by atoms with van der Waals surface area (Å²) in [5.74, 6) is -0.632. The number of methoxy groups -OCH3 is 1. The summed E-state index contributed by atoms with van der Waals surface area (Å²) in [6, 6.07) is 13.0. The molecule has 0 radical (unpaired) electrons. The van der Waals surface area contributed by atoms with Gasteiger partial charge in [-0.15, -0.1) is 0 Å². The molecule has 0 aliphatic heterocycles. The minimum absolute atomic E-state index is 0.00521. The Morgan fingerprint density at radius 2 is 1.76 bits per heavy atom. The standard InChI is InChI=1S/C18H21FO5S/c1-22-12-13-23-17-10-9-16(19)14-18(17)25(20,21)24-11-5-8-15-6-3-2-4-7-15/h2-4,6-7,9-10,14H,5,8,11-13H2,1H3. The number of aryl methyl sites for hydroxylation is 1.